The standard InChI is InChI=1S/C16H20N4O/c1-17-10-12-7-8-20(11-12)16(21)15-9-14(18-19-15)13-5-3-2-4-6-13/h2-6,9,12,17H,7-8,10-11H2,1H3,(H,18,19). The molecule has 0 radical (unpaired) electrons. The highest BCUT2D eigenvalue weighted by Crippen LogP contribution is 2.20. The Morgan fingerprint density at radius 2 is 2.24 bits per heavy atom. The molecule has 5 nitrogen and oxygen atoms in total. The van der Waals surface area contributed by atoms with E-state index < -0.39 is 0 Å². The maximum atomic E-state index is 12.5. The number of H-pyrrole nitrogens is 1. The van der Waals surface area contributed by atoms with E-state index in [-0.39, 0.29) is 5.91 Å². The molecule has 1 unspecified atom stereocenters. The molecule has 0 saturated carbocycles. The zero-order valence-electron chi connectivity index (χ0n) is 12.2. The maximum Gasteiger partial charge on any atom is 0.271 e. The van der Waals surface area contributed by atoms with Gasteiger partial charge in [-0.25, -0.2) is 0 Å². The monoisotopic (exact) mass is 284 g/mol. The number of hydrogen-bond donors (Lipinski definition) is 2. The highest BCUT2D eigenvalue weighted by atomic mass is 16.2. The molecule has 2 N–H and O–H groups in total. The Bertz CT molecular complexity index is 608. The van der Waals surface area contributed by atoms with E-state index in [0.29, 0.717) is 11.6 Å². The van der Waals surface area contributed by atoms with Gasteiger partial charge in [-0.05, 0) is 32.0 Å². The average molecular weight is 284 g/mol. The zero-order valence-corrected chi connectivity index (χ0v) is 12.2. The van der Waals surface area contributed by atoms with Crippen LogP contribution in [0.25, 0.3) is 11.3 Å². The average Bonchev–Trinajstić information content (AvgIpc) is 3.17. The van der Waals surface area contributed by atoms with Gasteiger partial charge in [0.15, 0.2) is 0 Å². The Morgan fingerprint density at radius 3 is 3.00 bits per heavy atom. The predicted octanol–water partition coefficient (Wildman–Crippen LogP) is 1.76. The molecular weight excluding hydrogens is 264 g/mol. The van der Waals surface area contributed by atoms with Gasteiger partial charge >= 0.3 is 0 Å². The molecule has 1 saturated heterocycles. The van der Waals surface area contributed by atoms with E-state index in [1.54, 1.807) is 0 Å². The van der Waals surface area contributed by atoms with Gasteiger partial charge in [0.2, 0.25) is 0 Å². The van der Waals surface area contributed by atoms with E-state index in [1.807, 2.05) is 48.3 Å². The van der Waals surface area contributed by atoms with Crippen molar-refractivity contribution in [1.82, 2.24) is 20.4 Å². The summed E-state index contributed by atoms with van der Waals surface area (Å²) in [5, 5.41) is 10.3. The first-order valence-electron chi connectivity index (χ1n) is 7.32. The van der Waals surface area contributed by atoms with Gasteiger partial charge in [-0.1, -0.05) is 30.3 Å². The van der Waals surface area contributed by atoms with Crippen molar-refractivity contribution in [2.45, 2.75) is 6.42 Å². The van der Waals surface area contributed by atoms with Crippen molar-refractivity contribution in [3.05, 3.63) is 42.1 Å². The van der Waals surface area contributed by atoms with Crippen LogP contribution in [0.3, 0.4) is 0 Å². The summed E-state index contributed by atoms with van der Waals surface area (Å²) in [6, 6.07) is 11.7. The molecule has 2 heterocycles. The number of benzene rings is 1. The molecule has 1 aromatic heterocycles. The molecule has 0 spiro atoms. The van der Waals surface area contributed by atoms with Crippen LogP contribution in [0.2, 0.25) is 0 Å². The van der Waals surface area contributed by atoms with Crippen LogP contribution in [-0.4, -0.2) is 47.7 Å². The van der Waals surface area contributed by atoms with Crippen LogP contribution >= 0.6 is 0 Å². The van der Waals surface area contributed by atoms with Crippen molar-refractivity contribution >= 4 is 5.91 Å². The third-order valence-corrected chi connectivity index (χ3v) is 3.94. The number of likely N-dealkylation sites (tertiary alicyclic amines) is 1. The molecule has 3 rings (SSSR count). The van der Waals surface area contributed by atoms with Crippen LogP contribution in [0.4, 0.5) is 0 Å². The second-order valence-electron chi connectivity index (χ2n) is 5.50. The highest BCUT2D eigenvalue weighted by molar-refractivity contribution is 5.93. The zero-order chi connectivity index (χ0) is 14.7. The van der Waals surface area contributed by atoms with E-state index in [9.17, 15) is 4.79 Å². The fourth-order valence-corrected chi connectivity index (χ4v) is 2.83. The highest BCUT2D eigenvalue weighted by Gasteiger charge is 2.27. The molecular formula is C16H20N4O. The predicted molar refractivity (Wildman–Crippen MR) is 82.0 cm³/mol. The van der Waals surface area contributed by atoms with Crippen LogP contribution in [0.15, 0.2) is 36.4 Å². The molecule has 1 atom stereocenters. The number of amides is 1. The molecule has 1 amide bonds. The first kappa shape index (κ1) is 13.8. The van der Waals surface area contributed by atoms with Gasteiger partial charge in [-0.15, -0.1) is 0 Å². The van der Waals surface area contributed by atoms with Gasteiger partial charge in [0.1, 0.15) is 5.69 Å². The van der Waals surface area contributed by atoms with Crippen molar-refractivity contribution in [2.24, 2.45) is 5.92 Å². The first-order valence-corrected chi connectivity index (χ1v) is 7.32. The van der Waals surface area contributed by atoms with Gasteiger partial charge in [0.25, 0.3) is 5.91 Å². The third-order valence-electron chi connectivity index (χ3n) is 3.94. The second kappa shape index (κ2) is 6.10. The lowest BCUT2D eigenvalue weighted by molar-refractivity contribution is 0.0781. The molecule has 110 valence electrons. The minimum atomic E-state index is 0.0447. The smallest absolute Gasteiger partial charge is 0.271 e. The van der Waals surface area contributed by atoms with Gasteiger partial charge in [-0.3, -0.25) is 9.89 Å². The number of carbonyl (C=O) groups excluding carboxylic acids is 1. The van der Waals surface area contributed by atoms with Crippen LogP contribution in [0.1, 0.15) is 16.9 Å². The van der Waals surface area contributed by atoms with Crippen molar-refractivity contribution in [3.8, 4) is 11.3 Å². The summed E-state index contributed by atoms with van der Waals surface area (Å²) in [7, 11) is 1.95. The number of carbonyl (C=O) groups is 1. The SMILES string of the molecule is CNCC1CCN(C(=O)c2cc(-c3ccccc3)n[nH]2)C1. The van der Waals surface area contributed by atoms with Crippen LogP contribution in [-0.2, 0) is 0 Å². The van der Waals surface area contributed by atoms with Gasteiger partial charge < -0.3 is 10.2 Å². The number of aromatic nitrogens is 2. The molecule has 1 aliphatic rings. The molecule has 1 fully saturated rings. The Kier molecular flexibility index (Phi) is 4.01. The Morgan fingerprint density at radius 1 is 1.43 bits per heavy atom. The summed E-state index contributed by atoms with van der Waals surface area (Å²) in [5.41, 5.74) is 2.39. The Hall–Kier alpha value is -2.14. The van der Waals surface area contributed by atoms with Gasteiger partial charge in [0.05, 0.1) is 5.69 Å². The van der Waals surface area contributed by atoms with Crippen LogP contribution in [0.5, 0.6) is 0 Å². The number of rotatable bonds is 4. The lowest BCUT2D eigenvalue weighted by Crippen LogP contribution is -2.30. The third kappa shape index (κ3) is 2.97. The summed E-state index contributed by atoms with van der Waals surface area (Å²) in [4.78, 5) is 14.4. The minimum Gasteiger partial charge on any atom is -0.337 e. The quantitative estimate of drug-likeness (QED) is 0.899. The number of hydrogen-bond acceptors (Lipinski definition) is 3. The molecule has 0 aliphatic carbocycles. The fourth-order valence-electron chi connectivity index (χ4n) is 2.83. The summed E-state index contributed by atoms with van der Waals surface area (Å²) in [5.74, 6) is 0.596. The first-order chi connectivity index (χ1) is 10.3. The lowest BCUT2D eigenvalue weighted by atomic mass is 10.1. The Balaban J connectivity index is 1.70. The number of nitrogens with zero attached hydrogens (tertiary/aromatic N) is 2. The molecule has 2 aromatic rings. The Labute approximate surface area is 124 Å². The molecule has 5 heteroatoms. The van der Waals surface area contributed by atoms with E-state index in [1.165, 1.54) is 0 Å². The summed E-state index contributed by atoms with van der Waals surface area (Å²) >= 11 is 0. The van der Waals surface area contributed by atoms with Crippen molar-refractivity contribution in [1.29, 1.82) is 0 Å². The van der Waals surface area contributed by atoms with E-state index in [0.717, 1.165) is 37.3 Å². The molecule has 0 bridgehead atoms. The summed E-state index contributed by atoms with van der Waals surface area (Å²) < 4.78 is 0. The molecule has 1 aromatic carbocycles. The maximum absolute atomic E-state index is 12.5. The number of nitrogens with one attached hydrogen (secondary N) is 2. The van der Waals surface area contributed by atoms with Gasteiger partial charge in [-0.2, -0.15) is 5.10 Å². The normalized spacial score (nSPS) is 18.1. The lowest BCUT2D eigenvalue weighted by Gasteiger charge is -2.15. The largest absolute Gasteiger partial charge is 0.337 e. The van der Waals surface area contributed by atoms with Gasteiger partial charge in [0, 0.05) is 18.7 Å². The number of aromatic amines is 1. The summed E-state index contributed by atoms with van der Waals surface area (Å²) in [6.07, 6.45) is 1.06. The van der Waals surface area contributed by atoms with E-state index >= 15 is 0 Å². The van der Waals surface area contributed by atoms with Crippen molar-refractivity contribution in [2.75, 3.05) is 26.7 Å². The molecule has 21 heavy (non-hydrogen) atoms. The fraction of sp³-hybridized carbons (Fsp3) is 0.375. The topological polar surface area (TPSA) is 61.0 Å². The van der Waals surface area contributed by atoms with E-state index in [2.05, 4.69) is 15.5 Å². The van der Waals surface area contributed by atoms with Crippen molar-refractivity contribution < 1.29 is 4.79 Å². The van der Waals surface area contributed by atoms with Crippen LogP contribution in [0, 0.1) is 5.92 Å². The minimum absolute atomic E-state index is 0.0447. The summed E-state index contributed by atoms with van der Waals surface area (Å²) in [6.45, 7) is 2.60. The van der Waals surface area contributed by atoms with Crippen LogP contribution < -0.4 is 5.32 Å². The van der Waals surface area contributed by atoms with E-state index in [4.69, 9.17) is 0 Å². The van der Waals surface area contributed by atoms with Crippen molar-refractivity contribution in [3.63, 3.8) is 0 Å². The molecule has 1 aliphatic heterocycles. The second-order valence-corrected chi connectivity index (χ2v) is 5.50.